The van der Waals surface area contributed by atoms with Crippen LogP contribution in [0.25, 0.3) is 0 Å². The third kappa shape index (κ3) is 5.83. The molecule has 2 rings (SSSR count). The maximum absolute atomic E-state index is 12.0. The Morgan fingerprint density at radius 2 is 1.96 bits per heavy atom. The zero-order valence-corrected chi connectivity index (χ0v) is 13.8. The highest BCUT2D eigenvalue weighted by molar-refractivity contribution is 6.30. The lowest BCUT2D eigenvalue weighted by atomic mass is 10.3. The number of halogens is 1. The predicted octanol–water partition coefficient (Wildman–Crippen LogP) is 4.54. The number of anilines is 1. The molecule has 0 fully saturated rings. The first-order valence-corrected chi connectivity index (χ1v) is 7.97. The number of amides is 1. The average molecular weight is 334 g/mol. The van der Waals surface area contributed by atoms with E-state index in [0.29, 0.717) is 28.8 Å². The molecule has 0 radical (unpaired) electrons. The average Bonchev–Trinajstić information content (AvgIpc) is 2.55. The summed E-state index contributed by atoms with van der Waals surface area (Å²) in [5.41, 5.74) is 0.642. The van der Waals surface area contributed by atoms with Gasteiger partial charge >= 0.3 is 0 Å². The highest BCUT2D eigenvalue weighted by Crippen LogP contribution is 2.24. The maximum Gasteiger partial charge on any atom is 0.262 e. The molecule has 0 saturated heterocycles. The lowest BCUT2D eigenvalue weighted by Gasteiger charge is -2.12. The second-order valence-electron chi connectivity index (χ2n) is 4.99. The molecule has 1 N–H and O–H groups in total. The molecule has 0 unspecified atom stereocenters. The molecule has 0 atom stereocenters. The fourth-order valence-corrected chi connectivity index (χ4v) is 2.09. The SMILES string of the molecule is CCCCOc1ccccc1NC(=O)COc1cccc(Cl)c1. The summed E-state index contributed by atoms with van der Waals surface area (Å²) in [5.74, 6) is 0.966. The standard InChI is InChI=1S/C18H20ClNO3/c1-2-3-11-22-17-10-5-4-9-16(17)20-18(21)13-23-15-8-6-7-14(19)12-15/h4-10,12H,2-3,11,13H2,1H3,(H,20,21). The van der Waals surface area contributed by atoms with E-state index in [-0.39, 0.29) is 12.5 Å². The fraction of sp³-hybridized carbons (Fsp3) is 0.278. The molecular weight excluding hydrogens is 314 g/mol. The monoisotopic (exact) mass is 333 g/mol. The number of carbonyl (C=O) groups is 1. The molecule has 0 saturated carbocycles. The maximum atomic E-state index is 12.0. The van der Waals surface area contributed by atoms with Gasteiger partial charge in [0.15, 0.2) is 6.61 Å². The van der Waals surface area contributed by atoms with Crippen LogP contribution in [0.1, 0.15) is 19.8 Å². The largest absolute Gasteiger partial charge is 0.491 e. The zero-order chi connectivity index (χ0) is 16.5. The number of benzene rings is 2. The molecule has 2 aromatic rings. The summed E-state index contributed by atoms with van der Waals surface area (Å²) in [6, 6.07) is 14.3. The Kier molecular flexibility index (Phi) is 6.76. The van der Waals surface area contributed by atoms with Crippen molar-refractivity contribution < 1.29 is 14.3 Å². The Bertz CT molecular complexity index is 646. The topological polar surface area (TPSA) is 47.6 Å². The van der Waals surface area contributed by atoms with Gasteiger partial charge in [0.25, 0.3) is 5.91 Å². The summed E-state index contributed by atoms with van der Waals surface area (Å²) < 4.78 is 11.1. The summed E-state index contributed by atoms with van der Waals surface area (Å²) in [6.45, 7) is 2.64. The minimum absolute atomic E-state index is 0.0936. The van der Waals surface area contributed by atoms with Crippen molar-refractivity contribution >= 4 is 23.2 Å². The minimum Gasteiger partial charge on any atom is -0.491 e. The Morgan fingerprint density at radius 1 is 1.13 bits per heavy atom. The van der Waals surface area contributed by atoms with Crippen LogP contribution in [-0.4, -0.2) is 19.1 Å². The number of hydrogen-bond acceptors (Lipinski definition) is 3. The number of unbranched alkanes of at least 4 members (excludes halogenated alkanes) is 1. The van der Waals surface area contributed by atoms with Crippen molar-refractivity contribution in [2.75, 3.05) is 18.5 Å². The molecule has 0 bridgehead atoms. The summed E-state index contributed by atoms with van der Waals surface area (Å²) >= 11 is 5.87. The molecule has 0 spiro atoms. The van der Waals surface area contributed by atoms with Crippen LogP contribution in [0.4, 0.5) is 5.69 Å². The number of nitrogens with one attached hydrogen (secondary N) is 1. The molecule has 0 heterocycles. The van der Waals surface area contributed by atoms with Crippen molar-refractivity contribution in [3.63, 3.8) is 0 Å². The summed E-state index contributed by atoms with van der Waals surface area (Å²) in [7, 11) is 0. The number of carbonyl (C=O) groups excluding carboxylic acids is 1. The van der Waals surface area contributed by atoms with Gasteiger partial charge in [-0.2, -0.15) is 0 Å². The highest BCUT2D eigenvalue weighted by Gasteiger charge is 2.08. The van der Waals surface area contributed by atoms with Crippen molar-refractivity contribution in [1.82, 2.24) is 0 Å². The molecule has 122 valence electrons. The van der Waals surface area contributed by atoms with E-state index >= 15 is 0 Å². The van der Waals surface area contributed by atoms with Crippen molar-refractivity contribution in [1.29, 1.82) is 0 Å². The van der Waals surface area contributed by atoms with Crippen LogP contribution in [0.2, 0.25) is 5.02 Å². The molecule has 0 aliphatic carbocycles. The van der Waals surface area contributed by atoms with E-state index in [0.717, 1.165) is 12.8 Å². The first-order chi connectivity index (χ1) is 11.2. The Morgan fingerprint density at radius 3 is 2.74 bits per heavy atom. The molecule has 1 amide bonds. The van der Waals surface area contributed by atoms with Crippen molar-refractivity contribution in [3.8, 4) is 11.5 Å². The van der Waals surface area contributed by atoms with Gasteiger partial charge in [0.05, 0.1) is 12.3 Å². The third-order valence-electron chi connectivity index (χ3n) is 3.08. The molecule has 0 aliphatic heterocycles. The van der Waals surface area contributed by atoms with Gasteiger partial charge in [-0.15, -0.1) is 0 Å². The van der Waals surface area contributed by atoms with E-state index in [1.807, 2.05) is 18.2 Å². The smallest absolute Gasteiger partial charge is 0.262 e. The predicted molar refractivity (Wildman–Crippen MR) is 92.4 cm³/mol. The van der Waals surface area contributed by atoms with E-state index in [1.54, 1.807) is 30.3 Å². The van der Waals surface area contributed by atoms with E-state index in [2.05, 4.69) is 12.2 Å². The first kappa shape index (κ1) is 17.2. The lowest BCUT2D eigenvalue weighted by Crippen LogP contribution is -2.20. The molecule has 23 heavy (non-hydrogen) atoms. The van der Waals surface area contributed by atoms with Crippen LogP contribution in [-0.2, 0) is 4.79 Å². The van der Waals surface area contributed by atoms with Gasteiger partial charge in [0, 0.05) is 5.02 Å². The van der Waals surface area contributed by atoms with Crippen LogP contribution in [0, 0.1) is 0 Å². The Balaban J connectivity index is 1.89. The second kappa shape index (κ2) is 9.06. The number of ether oxygens (including phenoxy) is 2. The lowest BCUT2D eigenvalue weighted by molar-refractivity contribution is -0.118. The van der Waals surface area contributed by atoms with E-state index in [4.69, 9.17) is 21.1 Å². The van der Waals surface area contributed by atoms with Gasteiger partial charge in [-0.1, -0.05) is 43.1 Å². The van der Waals surface area contributed by atoms with Crippen molar-refractivity contribution in [3.05, 3.63) is 53.6 Å². The quantitative estimate of drug-likeness (QED) is 0.722. The Hall–Kier alpha value is -2.20. The van der Waals surface area contributed by atoms with Gasteiger partial charge in [-0.25, -0.2) is 0 Å². The van der Waals surface area contributed by atoms with Crippen LogP contribution in [0.5, 0.6) is 11.5 Å². The van der Waals surface area contributed by atoms with Gasteiger partial charge < -0.3 is 14.8 Å². The van der Waals surface area contributed by atoms with Crippen molar-refractivity contribution in [2.45, 2.75) is 19.8 Å². The summed E-state index contributed by atoms with van der Waals surface area (Å²) in [4.78, 5) is 12.0. The van der Waals surface area contributed by atoms with Crippen LogP contribution in [0.3, 0.4) is 0 Å². The summed E-state index contributed by atoms with van der Waals surface area (Å²) in [5, 5.41) is 3.37. The molecule has 0 aliphatic rings. The van der Waals surface area contributed by atoms with Crippen molar-refractivity contribution in [2.24, 2.45) is 0 Å². The highest BCUT2D eigenvalue weighted by atomic mass is 35.5. The number of hydrogen-bond donors (Lipinski definition) is 1. The van der Waals surface area contributed by atoms with Crippen LogP contribution < -0.4 is 14.8 Å². The molecule has 2 aromatic carbocycles. The molecule has 4 nitrogen and oxygen atoms in total. The second-order valence-corrected chi connectivity index (χ2v) is 5.43. The third-order valence-corrected chi connectivity index (χ3v) is 3.32. The molecular formula is C18H20ClNO3. The van der Waals surface area contributed by atoms with Crippen LogP contribution in [0.15, 0.2) is 48.5 Å². The summed E-state index contributed by atoms with van der Waals surface area (Å²) in [6.07, 6.45) is 2.03. The fourth-order valence-electron chi connectivity index (χ4n) is 1.91. The normalized spacial score (nSPS) is 10.2. The van der Waals surface area contributed by atoms with Gasteiger partial charge in [-0.3, -0.25) is 4.79 Å². The van der Waals surface area contributed by atoms with Gasteiger partial charge in [-0.05, 0) is 36.8 Å². The van der Waals surface area contributed by atoms with Gasteiger partial charge in [0.2, 0.25) is 0 Å². The van der Waals surface area contributed by atoms with E-state index < -0.39 is 0 Å². The zero-order valence-electron chi connectivity index (χ0n) is 13.0. The van der Waals surface area contributed by atoms with Gasteiger partial charge in [0.1, 0.15) is 11.5 Å². The number of rotatable bonds is 8. The molecule has 5 heteroatoms. The minimum atomic E-state index is -0.253. The Labute approximate surface area is 141 Å². The first-order valence-electron chi connectivity index (χ1n) is 7.59. The van der Waals surface area contributed by atoms with E-state index in [1.165, 1.54) is 0 Å². The van der Waals surface area contributed by atoms with E-state index in [9.17, 15) is 4.79 Å². The molecule has 0 aromatic heterocycles. The number of para-hydroxylation sites is 2. The van der Waals surface area contributed by atoms with Crippen LogP contribution >= 0.6 is 11.6 Å².